The number of carbonyl (C=O) groups is 2. The molecule has 1 saturated carbocycles. The summed E-state index contributed by atoms with van der Waals surface area (Å²) >= 11 is 0. The lowest BCUT2D eigenvalue weighted by molar-refractivity contribution is -0.140. The van der Waals surface area contributed by atoms with E-state index in [2.05, 4.69) is 17.6 Å². The Morgan fingerprint density at radius 3 is 2.25 bits per heavy atom. The van der Waals surface area contributed by atoms with E-state index in [0.717, 1.165) is 12.8 Å². The summed E-state index contributed by atoms with van der Waals surface area (Å²) in [5.74, 6) is -0.457. The van der Waals surface area contributed by atoms with Crippen molar-refractivity contribution in [2.24, 2.45) is 11.8 Å². The maximum absolute atomic E-state index is 11.5. The molecule has 0 aromatic heterocycles. The molecule has 1 atom stereocenters. The molecule has 5 nitrogen and oxygen atoms in total. The first-order valence-corrected chi connectivity index (χ1v) is 5.70. The first-order chi connectivity index (χ1) is 7.40. The van der Waals surface area contributed by atoms with Crippen LogP contribution >= 0.6 is 0 Å². The fourth-order valence-electron chi connectivity index (χ4n) is 1.90. The summed E-state index contributed by atoms with van der Waals surface area (Å²) in [6.45, 7) is 5.67. The van der Waals surface area contributed by atoms with Crippen LogP contribution in [0.2, 0.25) is 0 Å². The van der Waals surface area contributed by atoms with Gasteiger partial charge in [-0.1, -0.05) is 20.8 Å². The monoisotopic (exact) mass is 228 g/mol. The number of urea groups is 1. The van der Waals surface area contributed by atoms with Gasteiger partial charge >= 0.3 is 12.0 Å². The van der Waals surface area contributed by atoms with Gasteiger partial charge in [0.25, 0.3) is 0 Å². The molecule has 0 unspecified atom stereocenters. The molecule has 1 rings (SSSR count). The molecule has 0 aliphatic heterocycles. The number of carboxylic acid groups (broad SMARTS) is 1. The highest BCUT2D eigenvalue weighted by Gasteiger charge is 2.29. The van der Waals surface area contributed by atoms with Crippen molar-refractivity contribution in [1.82, 2.24) is 10.6 Å². The molecular weight excluding hydrogens is 208 g/mol. The van der Waals surface area contributed by atoms with Crippen LogP contribution in [-0.4, -0.2) is 29.2 Å². The largest absolute Gasteiger partial charge is 0.480 e. The minimum atomic E-state index is -0.993. The van der Waals surface area contributed by atoms with Crippen LogP contribution in [0.3, 0.4) is 0 Å². The average Bonchev–Trinajstić information content (AvgIpc) is 2.10. The minimum Gasteiger partial charge on any atom is -0.480 e. The fraction of sp³-hybridized carbons (Fsp3) is 0.818. The molecule has 0 heterocycles. The number of amides is 2. The molecule has 0 aromatic carbocycles. The van der Waals surface area contributed by atoms with Gasteiger partial charge in [-0.2, -0.15) is 0 Å². The molecule has 0 radical (unpaired) electrons. The number of hydrogen-bond acceptors (Lipinski definition) is 2. The van der Waals surface area contributed by atoms with Gasteiger partial charge in [0.1, 0.15) is 6.04 Å². The van der Waals surface area contributed by atoms with Gasteiger partial charge in [0.15, 0.2) is 0 Å². The van der Waals surface area contributed by atoms with E-state index in [1.54, 1.807) is 13.8 Å². The molecule has 92 valence electrons. The van der Waals surface area contributed by atoms with Crippen molar-refractivity contribution in [3.8, 4) is 0 Å². The number of aliphatic carboxylic acids is 1. The molecule has 1 aliphatic rings. The zero-order valence-electron chi connectivity index (χ0n) is 9.99. The highest BCUT2D eigenvalue weighted by molar-refractivity contribution is 5.82. The van der Waals surface area contributed by atoms with Gasteiger partial charge < -0.3 is 15.7 Å². The van der Waals surface area contributed by atoms with Crippen molar-refractivity contribution in [3.05, 3.63) is 0 Å². The molecule has 2 amide bonds. The molecular formula is C11H20N2O3. The number of carboxylic acids is 1. The Bertz CT molecular complexity index is 272. The zero-order chi connectivity index (χ0) is 12.3. The number of hydrogen-bond donors (Lipinski definition) is 3. The minimum absolute atomic E-state index is 0.122. The van der Waals surface area contributed by atoms with Gasteiger partial charge in [0.2, 0.25) is 0 Å². The molecule has 0 bridgehead atoms. The maximum atomic E-state index is 11.5. The first kappa shape index (κ1) is 12.8. The van der Waals surface area contributed by atoms with Crippen LogP contribution < -0.4 is 10.6 Å². The second kappa shape index (κ2) is 5.18. The summed E-state index contributed by atoms with van der Waals surface area (Å²) in [4.78, 5) is 22.3. The molecule has 1 fully saturated rings. The standard InChI is InChI=1S/C11H20N2O3/c1-6(2)9(10(14)15)13-11(16)12-8-4-7(3)5-8/h6-9H,4-5H2,1-3H3,(H,14,15)(H2,12,13,16)/t7?,8?,9-/m1/s1. The summed E-state index contributed by atoms with van der Waals surface area (Å²) in [6.07, 6.45) is 1.96. The predicted molar refractivity (Wildman–Crippen MR) is 60.1 cm³/mol. The van der Waals surface area contributed by atoms with Gasteiger partial charge in [-0.05, 0) is 24.7 Å². The molecule has 3 N–H and O–H groups in total. The molecule has 0 spiro atoms. The van der Waals surface area contributed by atoms with E-state index in [9.17, 15) is 9.59 Å². The van der Waals surface area contributed by atoms with E-state index >= 15 is 0 Å². The highest BCUT2D eigenvalue weighted by Crippen LogP contribution is 2.25. The predicted octanol–water partition coefficient (Wildman–Crippen LogP) is 1.19. The Hall–Kier alpha value is -1.26. The Morgan fingerprint density at radius 2 is 1.88 bits per heavy atom. The number of rotatable bonds is 4. The van der Waals surface area contributed by atoms with Crippen molar-refractivity contribution < 1.29 is 14.7 Å². The van der Waals surface area contributed by atoms with E-state index in [1.807, 2.05) is 0 Å². The lowest BCUT2D eigenvalue weighted by Crippen LogP contribution is -2.53. The van der Waals surface area contributed by atoms with Crippen molar-refractivity contribution in [1.29, 1.82) is 0 Å². The van der Waals surface area contributed by atoms with E-state index in [-0.39, 0.29) is 18.0 Å². The number of nitrogens with one attached hydrogen (secondary N) is 2. The molecule has 0 saturated heterocycles. The van der Waals surface area contributed by atoms with Crippen LogP contribution in [0.1, 0.15) is 33.6 Å². The Morgan fingerprint density at radius 1 is 1.31 bits per heavy atom. The van der Waals surface area contributed by atoms with Gasteiger partial charge in [0, 0.05) is 6.04 Å². The summed E-state index contributed by atoms with van der Waals surface area (Å²) in [5, 5.41) is 14.2. The Balaban J connectivity index is 2.34. The van der Waals surface area contributed by atoms with Crippen molar-refractivity contribution in [2.75, 3.05) is 0 Å². The van der Waals surface area contributed by atoms with Crippen LogP contribution in [0.25, 0.3) is 0 Å². The normalized spacial score (nSPS) is 25.8. The average molecular weight is 228 g/mol. The molecule has 1 aliphatic carbocycles. The maximum Gasteiger partial charge on any atom is 0.326 e. The molecule has 5 heteroatoms. The summed E-state index contributed by atoms with van der Waals surface area (Å²) < 4.78 is 0. The van der Waals surface area contributed by atoms with E-state index in [1.165, 1.54) is 0 Å². The summed E-state index contributed by atoms with van der Waals surface area (Å²) in [5.41, 5.74) is 0. The van der Waals surface area contributed by atoms with E-state index < -0.39 is 12.0 Å². The summed E-state index contributed by atoms with van der Waals surface area (Å²) in [7, 11) is 0. The van der Waals surface area contributed by atoms with E-state index in [0.29, 0.717) is 5.92 Å². The molecule has 16 heavy (non-hydrogen) atoms. The number of carbonyl (C=O) groups excluding carboxylic acids is 1. The van der Waals surface area contributed by atoms with Crippen molar-refractivity contribution >= 4 is 12.0 Å². The fourth-order valence-corrected chi connectivity index (χ4v) is 1.90. The Labute approximate surface area is 95.6 Å². The summed E-state index contributed by atoms with van der Waals surface area (Å²) in [6, 6.07) is -0.993. The first-order valence-electron chi connectivity index (χ1n) is 5.70. The van der Waals surface area contributed by atoms with Gasteiger partial charge in [-0.3, -0.25) is 0 Å². The van der Waals surface area contributed by atoms with Gasteiger partial charge in [-0.15, -0.1) is 0 Å². The SMILES string of the molecule is CC1CC(NC(=O)N[C@@H](C(=O)O)C(C)C)C1. The van der Waals surface area contributed by atoms with Crippen LogP contribution in [0, 0.1) is 11.8 Å². The second-order valence-corrected chi connectivity index (χ2v) is 4.95. The second-order valence-electron chi connectivity index (χ2n) is 4.95. The van der Waals surface area contributed by atoms with Gasteiger partial charge in [-0.25, -0.2) is 9.59 Å². The van der Waals surface area contributed by atoms with Crippen LogP contribution in [0.15, 0.2) is 0 Å². The third kappa shape index (κ3) is 3.40. The lowest BCUT2D eigenvalue weighted by atomic mass is 9.82. The lowest BCUT2D eigenvalue weighted by Gasteiger charge is -2.33. The smallest absolute Gasteiger partial charge is 0.326 e. The van der Waals surface area contributed by atoms with Crippen molar-refractivity contribution in [3.63, 3.8) is 0 Å². The van der Waals surface area contributed by atoms with Crippen LogP contribution in [0.5, 0.6) is 0 Å². The van der Waals surface area contributed by atoms with E-state index in [4.69, 9.17) is 5.11 Å². The quantitative estimate of drug-likeness (QED) is 0.676. The highest BCUT2D eigenvalue weighted by atomic mass is 16.4. The van der Waals surface area contributed by atoms with Gasteiger partial charge in [0.05, 0.1) is 0 Å². The Kier molecular flexibility index (Phi) is 4.15. The molecule has 0 aromatic rings. The van der Waals surface area contributed by atoms with Crippen molar-refractivity contribution in [2.45, 2.75) is 45.7 Å². The topological polar surface area (TPSA) is 78.4 Å². The third-order valence-corrected chi connectivity index (χ3v) is 2.93. The van der Waals surface area contributed by atoms with Crippen LogP contribution in [-0.2, 0) is 4.79 Å². The third-order valence-electron chi connectivity index (χ3n) is 2.93. The zero-order valence-corrected chi connectivity index (χ0v) is 9.99. The van der Waals surface area contributed by atoms with Crippen LogP contribution in [0.4, 0.5) is 4.79 Å².